The van der Waals surface area contributed by atoms with Gasteiger partial charge in [0.05, 0.1) is 27.1 Å². The second-order valence-corrected chi connectivity index (χ2v) is 21.2. The summed E-state index contributed by atoms with van der Waals surface area (Å²) in [6.45, 7) is 1.93. The Labute approximate surface area is 417 Å². The van der Waals surface area contributed by atoms with Crippen LogP contribution in [-0.2, 0) is 27.0 Å². The molecule has 8 bridgehead atoms. The molecule has 0 amide bonds. The summed E-state index contributed by atoms with van der Waals surface area (Å²) in [4.78, 5) is 4.96. The summed E-state index contributed by atoms with van der Waals surface area (Å²) in [5.41, 5.74) is 16.0. The van der Waals surface area contributed by atoms with Gasteiger partial charge in [-0.1, -0.05) is 110 Å². The Bertz CT molecular complexity index is 2600. The molecular formula is C54H62N3NaO8S. The fourth-order valence-electron chi connectivity index (χ4n) is 12.2. The Hall–Kier alpha value is -4.16. The number of nitrogens with two attached hydrogens (primary N) is 2. The van der Waals surface area contributed by atoms with Crippen molar-refractivity contribution < 1.29 is 67.3 Å². The van der Waals surface area contributed by atoms with Crippen LogP contribution in [0.3, 0.4) is 0 Å². The SMILES string of the molecule is CCC1CC(S(=O)(=O)[O-])C2C=C3CC(CC4CC(CO)CC#Cc5cc(O)ccc5C3O4)C2c2ccc(cc2)C(CC(Cc2ccccc2)C2(O)CCCC2)(N=C(N)N)Oc2ccc1cc2.[Na+]. The van der Waals surface area contributed by atoms with E-state index in [0.29, 0.717) is 68.2 Å². The van der Waals surface area contributed by atoms with Gasteiger partial charge in [0.25, 0.3) is 0 Å². The zero-order valence-corrected chi connectivity index (χ0v) is 41.4. The fraction of sp³-hybridized carbons (Fsp3) is 0.463. The molecule has 11 nitrogen and oxygen atoms in total. The van der Waals surface area contributed by atoms with Crippen molar-refractivity contribution in [3.63, 3.8) is 0 Å². The number of phenolic OH excluding ortho intramolecular Hbond substituents is 1. The Morgan fingerprint density at radius 2 is 1.67 bits per heavy atom. The summed E-state index contributed by atoms with van der Waals surface area (Å²) in [5.74, 6) is 4.82. The third-order valence-electron chi connectivity index (χ3n) is 15.4. The molecule has 67 heavy (non-hydrogen) atoms. The molecule has 0 aromatic heterocycles. The average molecular weight is 936 g/mol. The number of aromatic hydroxyl groups is 1. The molecule has 4 aromatic rings. The van der Waals surface area contributed by atoms with E-state index in [1.165, 1.54) is 0 Å². The number of aliphatic hydroxyl groups is 2. The summed E-state index contributed by atoms with van der Waals surface area (Å²) in [5, 5.41) is 32.3. The summed E-state index contributed by atoms with van der Waals surface area (Å²) >= 11 is 0. The fourth-order valence-corrected chi connectivity index (χ4v) is 13.3. The van der Waals surface area contributed by atoms with Gasteiger partial charge in [-0.15, -0.1) is 0 Å². The maximum absolute atomic E-state index is 13.9. The average Bonchev–Trinajstić information content (AvgIpc) is 3.69. The van der Waals surface area contributed by atoms with Gasteiger partial charge in [0.15, 0.2) is 5.96 Å². The van der Waals surface area contributed by atoms with Crippen LogP contribution in [0.25, 0.3) is 0 Å². The smallest absolute Gasteiger partial charge is 0.748 e. The third-order valence-corrected chi connectivity index (χ3v) is 16.7. The molecule has 0 spiro atoms. The van der Waals surface area contributed by atoms with E-state index in [9.17, 15) is 28.3 Å². The van der Waals surface area contributed by atoms with Crippen molar-refractivity contribution in [1.82, 2.24) is 0 Å². The van der Waals surface area contributed by atoms with Gasteiger partial charge >= 0.3 is 29.6 Å². The van der Waals surface area contributed by atoms with Crippen LogP contribution >= 0.6 is 0 Å². The molecule has 4 aromatic carbocycles. The van der Waals surface area contributed by atoms with Gasteiger partial charge in [-0.05, 0) is 133 Å². The van der Waals surface area contributed by atoms with Crippen LogP contribution in [-0.4, -0.2) is 57.8 Å². The van der Waals surface area contributed by atoms with Gasteiger partial charge < -0.3 is 40.8 Å². The Kier molecular flexibility index (Phi) is 15.0. The number of fused-ring (bicyclic) bond motifs is 7. The molecule has 12 rings (SSSR count). The minimum absolute atomic E-state index is 0. The summed E-state index contributed by atoms with van der Waals surface area (Å²) in [6.07, 6.45) is 7.80. The molecule has 6 aliphatic heterocycles. The van der Waals surface area contributed by atoms with Gasteiger partial charge in [-0.25, -0.2) is 13.4 Å². The second kappa shape index (κ2) is 20.4. The van der Waals surface area contributed by atoms with E-state index in [1.807, 2.05) is 85.8 Å². The predicted octanol–water partition coefficient (Wildman–Crippen LogP) is 5.20. The Morgan fingerprint density at radius 3 is 2.34 bits per heavy atom. The molecule has 1 saturated carbocycles. The van der Waals surface area contributed by atoms with E-state index in [2.05, 4.69) is 24.0 Å². The number of phenols is 1. The molecule has 10 atom stereocenters. The minimum atomic E-state index is -4.90. The maximum Gasteiger partial charge on any atom is 1.00 e. The summed E-state index contributed by atoms with van der Waals surface area (Å²) < 4.78 is 56.0. The van der Waals surface area contributed by atoms with Crippen LogP contribution in [0.5, 0.6) is 11.5 Å². The Morgan fingerprint density at radius 1 is 0.955 bits per heavy atom. The molecule has 0 radical (unpaired) electrons. The molecule has 7 N–H and O–H groups in total. The van der Waals surface area contributed by atoms with Gasteiger partial charge in [0.2, 0.25) is 5.72 Å². The number of allylic oxidation sites excluding steroid dienone is 1. The van der Waals surface area contributed by atoms with Crippen LogP contribution in [0.2, 0.25) is 0 Å². The first-order chi connectivity index (χ1) is 31.7. The summed E-state index contributed by atoms with van der Waals surface area (Å²) in [7, 11) is -4.90. The second-order valence-electron chi connectivity index (χ2n) is 19.6. The quantitative estimate of drug-likeness (QED) is 0.0371. The van der Waals surface area contributed by atoms with Crippen molar-refractivity contribution in [2.45, 2.75) is 125 Å². The molecule has 348 valence electrons. The van der Waals surface area contributed by atoms with Gasteiger partial charge in [0.1, 0.15) is 17.6 Å². The number of nitrogens with zero attached hydrogens (tertiary/aromatic N) is 1. The van der Waals surface area contributed by atoms with Crippen molar-refractivity contribution >= 4 is 16.1 Å². The monoisotopic (exact) mass is 935 g/mol. The molecule has 8 aliphatic rings. The number of hydrogen-bond donors (Lipinski definition) is 5. The number of ether oxygens (including phenoxy) is 2. The van der Waals surface area contributed by atoms with Crippen molar-refractivity contribution in [2.75, 3.05) is 6.61 Å². The van der Waals surface area contributed by atoms with E-state index in [-0.39, 0.29) is 90.5 Å². The van der Waals surface area contributed by atoms with Crippen LogP contribution in [0.15, 0.2) is 114 Å². The molecule has 1 saturated heterocycles. The first-order valence-electron chi connectivity index (χ1n) is 23.7. The van der Waals surface area contributed by atoms with Gasteiger partial charge in [-0.2, -0.15) is 0 Å². The number of aliphatic imine (C=N–C) groups is 1. The van der Waals surface area contributed by atoms with Crippen molar-refractivity contribution in [2.24, 2.45) is 40.1 Å². The zero-order chi connectivity index (χ0) is 46.2. The van der Waals surface area contributed by atoms with E-state index in [4.69, 9.17) is 25.9 Å². The van der Waals surface area contributed by atoms with Gasteiger partial charge in [-0.3, -0.25) is 0 Å². The first kappa shape index (κ1) is 49.3. The zero-order valence-electron chi connectivity index (χ0n) is 38.6. The van der Waals surface area contributed by atoms with Crippen molar-refractivity contribution in [3.05, 3.63) is 142 Å². The van der Waals surface area contributed by atoms with E-state index >= 15 is 0 Å². The van der Waals surface area contributed by atoms with Crippen LogP contribution in [0.4, 0.5) is 0 Å². The Balaban J connectivity index is 0.00000608. The third kappa shape index (κ3) is 10.6. The molecule has 2 fully saturated rings. The molecule has 13 heteroatoms. The number of rotatable bonds is 9. The molecular weight excluding hydrogens is 874 g/mol. The number of hydrogen-bond acceptors (Lipinski definition) is 9. The summed E-state index contributed by atoms with van der Waals surface area (Å²) in [6, 6.07) is 30.7. The van der Waals surface area contributed by atoms with Crippen LogP contribution in [0.1, 0.15) is 129 Å². The molecule has 10 unspecified atom stereocenters. The topological polar surface area (TPSA) is 201 Å². The van der Waals surface area contributed by atoms with Crippen LogP contribution in [0, 0.1) is 35.5 Å². The molecule has 6 heterocycles. The van der Waals surface area contributed by atoms with E-state index < -0.39 is 44.6 Å². The molecule has 2 aliphatic carbocycles. The van der Waals surface area contributed by atoms with Crippen LogP contribution < -0.4 is 45.8 Å². The maximum atomic E-state index is 13.9. The van der Waals surface area contributed by atoms with Crippen molar-refractivity contribution in [1.29, 1.82) is 0 Å². The van der Waals surface area contributed by atoms with Gasteiger partial charge in [0, 0.05) is 36.1 Å². The minimum Gasteiger partial charge on any atom is -0.748 e. The van der Waals surface area contributed by atoms with E-state index in [0.717, 1.165) is 40.7 Å². The van der Waals surface area contributed by atoms with Crippen molar-refractivity contribution in [3.8, 4) is 23.3 Å². The number of benzene rings is 4. The predicted molar refractivity (Wildman–Crippen MR) is 253 cm³/mol. The normalized spacial score (nSPS) is 29.0. The number of aliphatic hydroxyl groups excluding tert-OH is 1. The standard InChI is InChI=1S/C54H63N3O8S.Na/c1-2-36-31-49(66(61,62)63)48-30-41-27-40(29-46-26-35(33-58)11-8-12-39-28-44(59)19-22-47(39)51(41)64-46)50(48)38-13-17-42(18-14-38)54(57-52(55)56,65-45-20-15-37(36)16-21-45)32-43(53(60)23-6-7-24-53)25-34-9-4-3-5-10-34;/h3-5,9-10,13-22,28,30,35-36,40,43,46,48-51,58-60H,2,6-7,11,23-27,29,31-33H2,1H3,(H4,55,56,57)(H,61,62,63);/q;+1/p-1. The van der Waals surface area contributed by atoms with E-state index in [1.54, 1.807) is 12.1 Å². The first-order valence-corrected chi connectivity index (χ1v) is 25.2. The largest absolute Gasteiger partial charge is 1.00 e. The number of guanidine groups is 1.